The van der Waals surface area contributed by atoms with Crippen molar-refractivity contribution in [3.05, 3.63) is 137 Å². The zero-order valence-corrected chi connectivity index (χ0v) is 24.8. The zero-order chi connectivity index (χ0) is 29.9. The van der Waals surface area contributed by atoms with E-state index in [9.17, 15) is 14.0 Å². The van der Waals surface area contributed by atoms with Crippen molar-refractivity contribution in [3.8, 4) is 16.9 Å². The summed E-state index contributed by atoms with van der Waals surface area (Å²) in [6.45, 7) is 4.12. The first-order valence-electron chi connectivity index (χ1n) is 14.1. The van der Waals surface area contributed by atoms with E-state index < -0.39 is 0 Å². The van der Waals surface area contributed by atoms with Gasteiger partial charge in [0, 0.05) is 17.7 Å². The van der Waals surface area contributed by atoms with Crippen LogP contribution in [0, 0.1) is 19.7 Å². The molecule has 4 aromatic carbocycles. The number of hydrogen-bond donors (Lipinski definition) is 1. The van der Waals surface area contributed by atoms with Crippen LogP contribution in [0.1, 0.15) is 33.1 Å². The number of nitrogens with zero attached hydrogens (tertiary/aromatic N) is 3. The lowest BCUT2D eigenvalue weighted by molar-refractivity contribution is -0.123. The molecule has 0 spiro atoms. The van der Waals surface area contributed by atoms with Crippen LogP contribution in [0.15, 0.2) is 103 Å². The molecule has 1 atom stereocenters. The summed E-state index contributed by atoms with van der Waals surface area (Å²) in [5, 5.41) is 7.85. The van der Waals surface area contributed by atoms with E-state index in [1.165, 1.54) is 12.1 Å². The summed E-state index contributed by atoms with van der Waals surface area (Å²) in [6.07, 6.45) is 0. The van der Waals surface area contributed by atoms with Gasteiger partial charge in [0.1, 0.15) is 18.2 Å². The number of fused-ring (bicyclic) bond motifs is 1. The minimum atomic E-state index is -0.336. The van der Waals surface area contributed by atoms with Crippen molar-refractivity contribution >= 4 is 29.4 Å². The fourth-order valence-corrected chi connectivity index (χ4v) is 6.48. The highest BCUT2D eigenvalue weighted by molar-refractivity contribution is 8.00. The van der Waals surface area contributed by atoms with E-state index >= 15 is 0 Å². The molecule has 2 heterocycles. The number of aryl methyl sites for hydroxylation is 2. The van der Waals surface area contributed by atoms with Crippen molar-refractivity contribution < 1.29 is 14.0 Å². The van der Waals surface area contributed by atoms with Crippen molar-refractivity contribution in [3.63, 3.8) is 0 Å². The molecule has 2 amide bonds. The topological polar surface area (TPSA) is 67.2 Å². The Morgan fingerprint density at radius 3 is 2.40 bits per heavy atom. The largest absolute Gasteiger partial charge is 0.350 e. The lowest BCUT2D eigenvalue weighted by atomic mass is 9.98. The molecule has 0 unspecified atom stereocenters. The van der Waals surface area contributed by atoms with Gasteiger partial charge in [0.05, 0.1) is 22.4 Å². The van der Waals surface area contributed by atoms with Crippen LogP contribution in [0.5, 0.6) is 0 Å². The van der Waals surface area contributed by atoms with Gasteiger partial charge in [-0.25, -0.2) is 9.07 Å². The average molecular weight is 591 g/mol. The Kier molecular flexibility index (Phi) is 8.11. The van der Waals surface area contributed by atoms with E-state index in [4.69, 9.17) is 5.10 Å². The molecule has 1 aliphatic rings. The number of nitrogens with one attached hydrogen (secondary N) is 1. The van der Waals surface area contributed by atoms with E-state index in [0.717, 1.165) is 44.8 Å². The highest BCUT2D eigenvalue weighted by Gasteiger charge is 2.37. The highest BCUT2D eigenvalue weighted by Crippen LogP contribution is 2.48. The standard InChI is InChI=1S/C35H31FN4O2S/c1-23-11-17-29(18-12-23)40-35-32(33(38-40)26-8-4-3-5-9-26)34(27-10-6-7-24(2)19-27)43-22-31(42)39(35)21-30(41)37-20-25-13-15-28(36)16-14-25/h3-19,34H,20-22H2,1-2H3,(H,37,41)/t34-/m0/s1. The third-order valence-electron chi connectivity index (χ3n) is 7.46. The summed E-state index contributed by atoms with van der Waals surface area (Å²) >= 11 is 1.55. The molecule has 0 saturated carbocycles. The van der Waals surface area contributed by atoms with E-state index in [-0.39, 0.29) is 41.7 Å². The van der Waals surface area contributed by atoms with Crippen LogP contribution in [0.3, 0.4) is 0 Å². The number of benzene rings is 4. The lowest BCUT2D eigenvalue weighted by Gasteiger charge is -2.23. The predicted molar refractivity (Wildman–Crippen MR) is 170 cm³/mol. The van der Waals surface area contributed by atoms with Crippen LogP contribution < -0.4 is 10.2 Å². The van der Waals surface area contributed by atoms with Gasteiger partial charge in [0.2, 0.25) is 11.8 Å². The highest BCUT2D eigenvalue weighted by atomic mass is 32.2. The number of rotatable bonds is 7. The maximum atomic E-state index is 13.9. The van der Waals surface area contributed by atoms with Gasteiger partial charge in [-0.1, -0.05) is 90.0 Å². The van der Waals surface area contributed by atoms with Crippen LogP contribution in [0.4, 0.5) is 10.2 Å². The molecule has 43 heavy (non-hydrogen) atoms. The second kappa shape index (κ2) is 12.3. The normalized spacial score (nSPS) is 14.7. The van der Waals surface area contributed by atoms with Gasteiger partial charge < -0.3 is 5.32 Å². The summed E-state index contributed by atoms with van der Waals surface area (Å²) < 4.78 is 15.2. The quantitative estimate of drug-likeness (QED) is 0.227. The minimum absolute atomic E-state index is 0.175. The SMILES string of the molecule is Cc1ccc(-n2nc(-c3ccccc3)c3c2N(CC(=O)NCc2ccc(F)cc2)C(=O)CS[C@H]3c2cccc(C)c2)cc1. The summed E-state index contributed by atoms with van der Waals surface area (Å²) in [5.41, 5.74) is 7.44. The number of aromatic nitrogens is 2. The number of carbonyl (C=O) groups excluding carboxylic acids is 2. The fourth-order valence-electron chi connectivity index (χ4n) is 5.29. The molecule has 1 N–H and O–H groups in total. The van der Waals surface area contributed by atoms with Crippen LogP contribution in [-0.4, -0.2) is 33.9 Å². The number of anilines is 1. The van der Waals surface area contributed by atoms with Crippen molar-refractivity contribution in [1.29, 1.82) is 0 Å². The molecule has 0 saturated heterocycles. The molecule has 8 heteroatoms. The van der Waals surface area contributed by atoms with Gasteiger partial charge in [-0.15, -0.1) is 11.8 Å². The minimum Gasteiger partial charge on any atom is -0.350 e. The van der Waals surface area contributed by atoms with Gasteiger partial charge in [0.15, 0.2) is 0 Å². The molecule has 0 fully saturated rings. The molecule has 1 aromatic heterocycles. The van der Waals surface area contributed by atoms with E-state index in [0.29, 0.717) is 5.82 Å². The van der Waals surface area contributed by atoms with Crippen molar-refractivity contribution in [2.75, 3.05) is 17.2 Å². The Hall–Kier alpha value is -4.69. The first kappa shape index (κ1) is 28.4. The third kappa shape index (κ3) is 6.10. The second-order valence-corrected chi connectivity index (χ2v) is 11.8. The van der Waals surface area contributed by atoms with E-state index in [1.807, 2.05) is 67.6 Å². The van der Waals surface area contributed by atoms with Gasteiger partial charge in [0.25, 0.3) is 0 Å². The Balaban J connectivity index is 1.49. The Bertz CT molecular complexity index is 1770. The fraction of sp³-hybridized carbons (Fsp3) is 0.171. The summed E-state index contributed by atoms with van der Waals surface area (Å²) in [5.74, 6) is -0.0503. The molecule has 6 nitrogen and oxygen atoms in total. The van der Waals surface area contributed by atoms with Gasteiger partial charge in [-0.3, -0.25) is 14.5 Å². The average Bonchev–Trinajstić information content (AvgIpc) is 3.34. The number of halogens is 1. The maximum absolute atomic E-state index is 13.9. The zero-order valence-electron chi connectivity index (χ0n) is 24.0. The molecule has 0 bridgehead atoms. The van der Waals surface area contributed by atoms with Crippen LogP contribution in [0.2, 0.25) is 0 Å². The van der Waals surface area contributed by atoms with Gasteiger partial charge in [-0.2, -0.15) is 5.10 Å². The lowest BCUT2D eigenvalue weighted by Crippen LogP contribution is -2.42. The molecule has 6 rings (SSSR count). The van der Waals surface area contributed by atoms with Crippen molar-refractivity contribution in [1.82, 2.24) is 15.1 Å². The summed E-state index contributed by atoms with van der Waals surface area (Å²) in [7, 11) is 0. The van der Waals surface area contributed by atoms with Crippen LogP contribution in [0.25, 0.3) is 16.9 Å². The molecule has 1 aliphatic heterocycles. The molecule has 5 aromatic rings. The Morgan fingerprint density at radius 2 is 1.67 bits per heavy atom. The molecule has 0 radical (unpaired) electrons. The van der Waals surface area contributed by atoms with E-state index in [2.05, 4.69) is 30.4 Å². The summed E-state index contributed by atoms with van der Waals surface area (Å²) in [4.78, 5) is 28.8. The molecule has 216 valence electrons. The maximum Gasteiger partial charge on any atom is 0.240 e. The summed E-state index contributed by atoms with van der Waals surface area (Å²) in [6, 6.07) is 32.2. The Morgan fingerprint density at radius 1 is 0.930 bits per heavy atom. The number of thioether (sulfide) groups is 1. The molecular weight excluding hydrogens is 559 g/mol. The van der Waals surface area contributed by atoms with Gasteiger partial charge in [-0.05, 0) is 49.2 Å². The van der Waals surface area contributed by atoms with Crippen molar-refractivity contribution in [2.45, 2.75) is 25.6 Å². The first-order valence-corrected chi connectivity index (χ1v) is 15.2. The second-order valence-electron chi connectivity index (χ2n) is 10.7. The number of carbonyl (C=O) groups is 2. The Labute approximate surface area is 254 Å². The van der Waals surface area contributed by atoms with E-state index in [1.54, 1.807) is 33.5 Å². The third-order valence-corrected chi connectivity index (χ3v) is 8.72. The smallest absolute Gasteiger partial charge is 0.240 e. The monoisotopic (exact) mass is 590 g/mol. The van der Waals surface area contributed by atoms with Gasteiger partial charge >= 0.3 is 0 Å². The van der Waals surface area contributed by atoms with Crippen LogP contribution in [-0.2, 0) is 16.1 Å². The number of hydrogen-bond acceptors (Lipinski definition) is 4. The molecular formula is C35H31FN4O2S. The molecule has 0 aliphatic carbocycles. The van der Waals surface area contributed by atoms with Crippen LogP contribution >= 0.6 is 11.8 Å². The first-order chi connectivity index (χ1) is 20.9. The van der Waals surface area contributed by atoms with Crippen molar-refractivity contribution in [2.24, 2.45) is 0 Å². The number of amides is 2. The predicted octanol–water partition coefficient (Wildman–Crippen LogP) is 6.78.